The van der Waals surface area contributed by atoms with E-state index in [1.807, 2.05) is 0 Å². The van der Waals surface area contributed by atoms with Crippen LogP contribution in [0.5, 0.6) is 0 Å². The van der Waals surface area contributed by atoms with Crippen molar-refractivity contribution in [3.05, 3.63) is 0 Å². The molecule has 68 valence electrons. The largest absolute Gasteiger partial charge is 0.396 e. The summed E-state index contributed by atoms with van der Waals surface area (Å²) in [5, 5.41) is 17.9. The molecule has 0 spiro atoms. The van der Waals surface area contributed by atoms with Gasteiger partial charge in [-0.15, -0.1) is 0 Å². The Morgan fingerprint density at radius 3 is 1.91 bits per heavy atom. The van der Waals surface area contributed by atoms with Crippen LogP contribution in [-0.2, 0) is 0 Å². The van der Waals surface area contributed by atoms with E-state index in [1.54, 1.807) is 6.92 Å². The monoisotopic (exact) mass is 160 g/mol. The Hall–Kier alpha value is -0.0800. The van der Waals surface area contributed by atoms with Gasteiger partial charge >= 0.3 is 0 Å². The molecule has 0 aliphatic carbocycles. The molecule has 0 rings (SSSR count). The van der Waals surface area contributed by atoms with Gasteiger partial charge in [0.15, 0.2) is 0 Å². The minimum absolute atomic E-state index is 0.234. The van der Waals surface area contributed by atoms with Crippen LogP contribution in [0.15, 0.2) is 0 Å². The molecule has 0 aliphatic heterocycles. The standard InChI is InChI=1S/C9H20O2/c1-7(2)9(6-10)5-4-8(3)11/h7-11H,4-6H2,1-3H3/t8?,9-/m0/s1. The first-order valence-electron chi connectivity index (χ1n) is 4.36. The topological polar surface area (TPSA) is 40.5 Å². The summed E-state index contributed by atoms with van der Waals surface area (Å²) in [5.74, 6) is 0.864. The first-order chi connectivity index (χ1) is 5.07. The van der Waals surface area contributed by atoms with E-state index in [0.29, 0.717) is 11.8 Å². The van der Waals surface area contributed by atoms with Crippen molar-refractivity contribution in [1.29, 1.82) is 0 Å². The van der Waals surface area contributed by atoms with Gasteiger partial charge < -0.3 is 10.2 Å². The first-order valence-corrected chi connectivity index (χ1v) is 4.36. The summed E-state index contributed by atoms with van der Waals surface area (Å²) in [5.41, 5.74) is 0. The number of aliphatic hydroxyl groups is 2. The Balaban J connectivity index is 3.52. The third kappa shape index (κ3) is 5.22. The van der Waals surface area contributed by atoms with E-state index in [9.17, 15) is 0 Å². The van der Waals surface area contributed by atoms with Crippen LogP contribution in [0.4, 0.5) is 0 Å². The molecule has 0 radical (unpaired) electrons. The molecule has 2 heteroatoms. The molecule has 11 heavy (non-hydrogen) atoms. The van der Waals surface area contributed by atoms with E-state index >= 15 is 0 Å². The van der Waals surface area contributed by atoms with Crippen LogP contribution in [0.3, 0.4) is 0 Å². The van der Waals surface area contributed by atoms with Crippen molar-refractivity contribution in [3.8, 4) is 0 Å². The minimum atomic E-state index is -0.234. The summed E-state index contributed by atoms with van der Waals surface area (Å²) < 4.78 is 0. The van der Waals surface area contributed by atoms with Crippen molar-refractivity contribution in [2.45, 2.75) is 39.7 Å². The van der Waals surface area contributed by atoms with Gasteiger partial charge in [0.25, 0.3) is 0 Å². The van der Waals surface area contributed by atoms with E-state index in [4.69, 9.17) is 10.2 Å². The van der Waals surface area contributed by atoms with Crippen molar-refractivity contribution >= 4 is 0 Å². The van der Waals surface area contributed by atoms with Crippen LogP contribution in [0.1, 0.15) is 33.6 Å². The Morgan fingerprint density at radius 2 is 1.64 bits per heavy atom. The van der Waals surface area contributed by atoms with Gasteiger partial charge in [-0.2, -0.15) is 0 Å². The Morgan fingerprint density at radius 1 is 1.09 bits per heavy atom. The lowest BCUT2D eigenvalue weighted by molar-refractivity contribution is 0.138. The zero-order valence-corrected chi connectivity index (χ0v) is 7.75. The second-order valence-corrected chi connectivity index (χ2v) is 3.61. The van der Waals surface area contributed by atoms with Crippen molar-refractivity contribution in [3.63, 3.8) is 0 Å². The molecule has 0 saturated carbocycles. The second-order valence-electron chi connectivity index (χ2n) is 3.61. The van der Waals surface area contributed by atoms with E-state index in [-0.39, 0.29) is 12.7 Å². The van der Waals surface area contributed by atoms with Gasteiger partial charge in [0.05, 0.1) is 6.10 Å². The Bertz CT molecular complexity index is 89.6. The summed E-state index contributed by atoms with van der Waals surface area (Å²) in [6, 6.07) is 0. The lowest BCUT2D eigenvalue weighted by Crippen LogP contribution is -2.15. The Kier molecular flexibility index (Phi) is 5.51. The smallest absolute Gasteiger partial charge is 0.0512 e. The van der Waals surface area contributed by atoms with Gasteiger partial charge in [0.1, 0.15) is 0 Å². The number of aliphatic hydroxyl groups excluding tert-OH is 2. The normalized spacial score (nSPS) is 16.9. The number of hydrogen-bond donors (Lipinski definition) is 2. The van der Waals surface area contributed by atoms with Gasteiger partial charge in [0.2, 0.25) is 0 Å². The van der Waals surface area contributed by atoms with Gasteiger partial charge in [-0.3, -0.25) is 0 Å². The van der Waals surface area contributed by atoms with Crippen LogP contribution in [0, 0.1) is 11.8 Å². The van der Waals surface area contributed by atoms with Crippen molar-refractivity contribution < 1.29 is 10.2 Å². The summed E-state index contributed by atoms with van der Waals surface area (Å²) in [6.07, 6.45) is 1.48. The maximum absolute atomic E-state index is 9.00. The van der Waals surface area contributed by atoms with Crippen LogP contribution < -0.4 is 0 Å². The molecular formula is C9H20O2. The van der Waals surface area contributed by atoms with Crippen molar-refractivity contribution in [2.24, 2.45) is 11.8 Å². The van der Waals surface area contributed by atoms with Crippen LogP contribution in [0.2, 0.25) is 0 Å². The molecule has 0 aliphatic rings. The second kappa shape index (κ2) is 5.56. The molecule has 1 unspecified atom stereocenters. The van der Waals surface area contributed by atoms with Gasteiger partial charge in [-0.25, -0.2) is 0 Å². The molecule has 0 aromatic heterocycles. The van der Waals surface area contributed by atoms with Crippen LogP contribution in [0.25, 0.3) is 0 Å². The molecule has 0 saturated heterocycles. The van der Waals surface area contributed by atoms with Crippen molar-refractivity contribution in [1.82, 2.24) is 0 Å². The minimum Gasteiger partial charge on any atom is -0.396 e. The Labute approximate surface area is 69.2 Å². The van der Waals surface area contributed by atoms with Crippen LogP contribution in [-0.4, -0.2) is 22.9 Å². The van der Waals surface area contributed by atoms with E-state index in [1.165, 1.54) is 0 Å². The summed E-state index contributed by atoms with van der Waals surface area (Å²) in [6.45, 7) is 6.23. The zero-order valence-electron chi connectivity index (χ0n) is 7.75. The molecular weight excluding hydrogens is 140 g/mol. The molecule has 2 N–H and O–H groups in total. The fourth-order valence-corrected chi connectivity index (χ4v) is 1.09. The molecule has 0 amide bonds. The predicted molar refractivity (Wildman–Crippen MR) is 46.3 cm³/mol. The third-order valence-corrected chi connectivity index (χ3v) is 2.13. The van der Waals surface area contributed by atoms with E-state index < -0.39 is 0 Å². The SMILES string of the molecule is CC(O)CC[C@@H](CO)C(C)C. The van der Waals surface area contributed by atoms with Crippen molar-refractivity contribution in [2.75, 3.05) is 6.61 Å². The lowest BCUT2D eigenvalue weighted by Gasteiger charge is -2.18. The van der Waals surface area contributed by atoms with E-state index in [2.05, 4.69) is 13.8 Å². The fraction of sp³-hybridized carbons (Fsp3) is 1.00. The van der Waals surface area contributed by atoms with Crippen LogP contribution >= 0.6 is 0 Å². The molecule has 0 heterocycles. The number of hydrogen-bond acceptors (Lipinski definition) is 2. The summed E-state index contributed by atoms with van der Waals surface area (Å²) in [7, 11) is 0. The first kappa shape index (κ1) is 10.9. The third-order valence-electron chi connectivity index (χ3n) is 2.13. The highest BCUT2D eigenvalue weighted by atomic mass is 16.3. The summed E-state index contributed by atoms with van der Waals surface area (Å²) in [4.78, 5) is 0. The molecule has 0 bridgehead atoms. The van der Waals surface area contributed by atoms with Gasteiger partial charge in [0, 0.05) is 6.61 Å². The molecule has 0 aromatic rings. The maximum Gasteiger partial charge on any atom is 0.0512 e. The fourth-order valence-electron chi connectivity index (χ4n) is 1.09. The number of rotatable bonds is 5. The highest BCUT2D eigenvalue weighted by Crippen LogP contribution is 2.17. The quantitative estimate of drug-likeness (QED) is 0.638. The average molecular weight is 160 g/mol. The highest BCUT2D eigenvalue weighted by molar-refractivity contribution is 4.63. The predicted octanol–water partition coefficient (Wildman–Crippen LogP) is 1.41. The van der Waals surface area contributed by atoms with Gasteiger partial charge in [-0.1, -0.05) is 13.8 Å². The molecule has 0 fully saturated rings. The molecule has 0 aromatic carbocycles. The zero-order chi connectivity index (χ0) is 8.85. The molecule has 2 nitrogen and oxygen atoms in total. The maximum atomic E-state index is 9.00. The van der Waals surface area contributed by atoms with E-state index in [0.717, 1.165) is 12.8 Å². The van der Waals surface area contributed by atoms with Gasteiger partial charge in [-0.05, 0) is 31.6 Å². The lowest BCUT2D eigenvalue weighted by atomic mass is 9.91. The summed E-state index contributed by atoms with van der Waals surface area (Å²) >= 11 is 0. The average Bonchev–Trinajstić information content (AvgIpc) is 1.87. The highest BCUT2D eigenvalue weighted by Gasteiger charge is 2.12. The molecule has 2 atom stereocenters.